The second kappa shape index (κ2) is 8.55. The fourth-order valence-corrected chi connectivity index (χ4v) is 3.54. The van der Waals surface area contributed by atoms with E-state index in [1.807, 2.05) is 61.7 Å². The molecule has 152 valence electrons. The van der Waals surface area contributed by atoms with Gasteiger partial charge in [0.25, 0.3) is 0 Å². The van der Waals surface area contributed by atoms with Gasteiger partial charge in [-0.25, -0.2) is 9.50 Å². The lowest BCUT2D eigenvalue weighted by molar-refractivity contribution is -0.117. The van der Waals surface area contributed by atoms with Gasteiger partial charge in [-0.1, -0.05) is 54.9 Å². The number of nitrogens with one attached hydrogen (secondary N) is 1. The van der Waals surface area contributed by atoms with E-state index < -0.39 is 0 Å². The van der Waals surface area contributed by atoms with Crippen molar-refractivity contribution in [3.05, 3.63) is 77.4 Å². The fourth-order valence-electron chi connectivity index (χ4n) is 3.37. The highest BCUT2D eigenvalue weighted by molar-refractivity contribution is 6.33. The summed E-state index contributed by atoms with van der Waals surface area (Å²) in [5, 5.41) is 7.78. The molecule has 4 rings (SSSR count). The van der Waals surface area contributed by atoms with E-state index in [9.17, 15) is 4.79 Å². The number of hydrogen-bond donors (Lipinski definition) is 1. The second-order valence-corrected chi connectivity index (χ2v) is 7.27. The average molecular weight is 421 g/mol. The molecule has 0 saturated heterocycles. The molecule has 1 atom stereocenters. The first-order valence-electron chi connectivity index (χ1n) is 9.65. The minimum Gasteiger partial charge on any atom is -0.480 e. The van der Waals surface area contributed by atoms with Crippen molar-refractivity contribution in [1.82, 2.24) is 14.6 Å². The lowest BCUT2D eigenvalue weighted by Crippen LogP contribution is -2.20. The third-order valence-corrected chi connectivity index (χ3v) is 5.28. The molecule has 0 radical (unpaired) electrons. The third kappa shape index (κ3) is 4.00. The molecule has 1 N–H and O–H groups in total. The number of nitrogens with zero attached hydrogens (tertiary/aromatic N) is 3. The van der Waals surface area contributed by atoms with Crippen molar-refractivity contribution in [3.8, 4) is 17.1 Å². The number of methoxy groups -OCH3 is 1. The third-order valence-electron chi connectivity index (χ3n) is 4.95. The zero-order chi connectivity index (χ0) is 21.1. The number of fused-ring (bicyclic) bond motifs is 1. The molecule has 7 heteroatoms. The van der Waals surface area contributed by atoms with E-state index in [0.29, 0.717) is 28.7 Å². The number of hydrogen-bond acceptors (Lipinski definition) is 4. The number of halogens is 1. The van der Waals surface area contributed by atoms with Crippen molar-refractivity contribution >= 4 is 28.8 Å². The van der Waals surface area contributed by atoms with Crippen LogP contribution in [0.4, 0.5) is 5.69 Å². The number of anilines is 1. The smallest absolute Gasteiger partial charge is 0.231 e. The maximum absolute atomic E-state index is 12.9. The van der Waals surface area contributed by atoms with E-state index in [1.54, 1.807) is 23.8 Å². The van der Waals surface area contributed by atoms with E-state index in [2.05, 4.69) is 15.4 Å². The normalized spacial score (nSPS) is 12.0. The molecular formula is C23H21ClN4O2. The Labute approximate surface area is 179 Å². The molecule has 2 heterocycles. The largest absolute Gasteiger partial charge is 0.480 e. The maximum atomic E-state index is 12.9. The molecule has 0 fully saturated rings. The monoisotopic (exact) mass is 420 g/mol. The summed E-state index contributed by atoms with van der Waals surface area (Å²) < 4.78 is 6.82. The number of carbonyl (C=O) groups is 1. The van der Waals surface area contributed by atoms with Gasteiger partial charge in [-0.15, -0.1) is 5.10 Å². The van der Waals surface area contributed by atoms with Gasteiger partial charge in [0.2, 0.25) is 11.8 Å². The topological polar surface area (TPSA) is 68.5 Å². The minimum absolute atomic E-state index is 0.0934. The molecule has 6 nitrogen and oxygen atoms in total. The number of amides is 1. The van der Waals surface area contributed by atoms with Gasteiger partial charge in [0.05, 0.1) is 35.6 Å². The van der Waals surface area contributed by atoms with Gasteiger partial charge in [-0.2, -0.15) is 0 Å². The molecule has 0 bridgehead atoms. The summed E-state index contributed by atoms with van der Waals surface area (Å²) >= 11 is 6.37. The number of aromatic nitrogens is 3. The van der Waals surface area contributed by atoms with Crippen molar-refractivity contribution in [2.45, 2.75) is 19.3 Å². The zero-order valence-electron chi connectivity index (χ0n) is 16.7. The van der Waals surface area contributed by atoms with Crippen LogP contribution in [0.2, 0.25) is 5.02 Å². The maximum Gasteiger partial charge on any atom is 0.231 e. The van der Waals surface area contributed by atoms with Crippen molar-refractivity contribution < 1.29 is 9.53 Å². The van der Waals surface area contributed by atoms with Gasteiger partial charge in [0, 0.05) is 11.6 Å². The number of imidazole rings is 1. The van der Waals surface area contributed by atoms with Gasteiger partial charge in [-0.3, -0.25) is 4.79 Å². The summed E-state index contributed by atoms with van der Waals surface area (Å²) in [5.74, 6) is 0.156. The first-order chi connectivity index (χ1) is 14.6. The molecule has 0 aliphatic heterocycles. The standard InChI is InChI=1S/C23H21ClN4O2/c1-3-17(15-7-5-4-6-8-15)23(29)26-19-13-16(9-10-18(19)24)20-14-28-21(25-20)11-12-22(27-28)30-2/h4-14,17H,3H2,1-2H3,(H,26,29)/t17-/m1/s1. The van der Waals surface area contributed by atoms with Crippen LogP contribution in [0.3, 0.4) is 0 Å². The van der Waals surface area contributed by atoms with Crippen LogP contribution in [0.25, 0.3) is 16.9 Å². The molecule has 2 aromatic carbocycles. The summed E-state index contributed by atoms with van der Waals surface area (Å²) in [6.07, 6.45) is 2.50. The van der Waals surface area contributed by atoms with Crippen LogP contribution in [0.1, 0.15) is 24.8 Å². The van der Waals surface area contributed by atoms with E-state index in [1.165, 1.54) is 0 Å². The Balaban J connectivity index is 1.62. The SMILES string of the molecule is CC[C@@H](C(=O)Nc1cc(-c2cn3nc(OC)ccc3n2)ccc1Cl)c1ccccc1. The first kappa shape index (κ1) is 19.9. The average Bonchev–Trinajstić information content (AvgIpc) is 3.20. The summed E-state index contributed by atoms with van der Waals surface area (Å²) in [7, 11) is 1.57. The molecule has 4 aromatic rings. The lowest BCUT2D eigenvalue weighted by atomic mass is 9.95. The second-order valence-electron chi connectivity index (χ2n) is 6.86. The Morgan fingerprint density at radius 2 is 1.97 bits per heavy atom. The van der Waals surface area contributed by atoms with Gasteiger partial charge < -0.3 is 10.1 Å². The Kier molecular flexibility index (Phi) is 5.68. The quantitative estimate of drug-likeness (QED) is 0.466. The summed E-state index contributed by atoms with van der Waals surface area (Å²) in [6, 6.07) is 18.8. The highest BCUT2D eigenvalue weighted by Crippen LogP contribution is 2.30. The number of carbonyl (C=O) groups excluding carboxylic acids is 1. The van der Waals surface area contributed by atoms with E-state index in [4.69, 9.17) is 16.3 Å². The van der Waals surface area contributed by atoms with Crippen LogP contribution in [0.15, 0.2) is 66.9 Å². The zero-order valence-corrected chi connectivity index (χ0v) is 17.4. The Hall–Kier alpha value is -3.38. The van der Waals surface area contributed by atoms with Crippen LogP contribution in [0.5, 0.6) is 5.88 Å². The van der Waals surface area contributed by atoms with Crippen LogP contribution < -0.4 is 10.1 Å². The van der Waals surface area contributed by atoms with Crippen LogP contribution in [-0.2, 0) is 4.79 Å². The summed E-state index contributed by atoms with van der Waals surface area (Å²) in [5.41, 5.74) is 3.77. The molecule has 2 aromatic heterocycles. The first-order valence-corrected chi connectivity index (χ1v) is 10.0. The highest BCUT2D eigenvalue weighted by Gasteiger charge is 2.20. The van der Waals surface area contributed by atoms with E-state index in [0.717, 1.165) is 16.8 Å². The van der Waals surface area contributed by atoms with Crippen molar-refractivity contribution in [3.63, 3.8) is 0 Å². The Morgan fingerprint density at radius 3 is 2.70 bits per heavy atom. The predicted octanol–water partition coefficient (Wildman–Crippen LogP) is 5.19. The molecule has 0 spiro atoms. The van der Waals surface area contributed by atoms with Crippen LogP contribution >= 0.6 is 11.6 Å². The van der Waals surface area contributed by atoms with Crippen molar-refractivity contribution in [2.75, 3.05) is 12.4 Å². The molecule has 30 heavy (non-hydrogen) atoms. The van der Waals surface area contributed by atoms with Crippen LogP contribution in [-0.4, -0.2) is 27.6 Å². The number of ether oxygens (including phenoxy) is 1. The molecule has 0 unspecified atom stereocenters. The van der Waals surface area contributed by atoms with Gasteiger partial charge in [0.15, 0.2) is 5.65 Å². The van der Waals surface area contributed by atoms with E-state index >= 15 is 0 Å². The minimum atomic E-state index is -0.252. The molecule has 0 aliphatic rings. The summed E-state index contributed by atoms with van der Waals surface area (Å²) in [4.78, 5) is 17.5. The molecule has 0 aliphatic carbocycles. The van der Waals surface area contributed by atoms with Gasteiger partial charge in [0.1, 0.15) is 0 Å². The van der Waals surface area contributed by atoms with Crippen molar-refractivity contribution in [2.24, 2.45) is 0 Å². The fraction of sp³-hybridized carbons (Fsp3) is 0.174. The van der Waals surface area contributed by atoms with Gasteiger partial charge in [-0.05, 0) is 30.2 Å². The Morgan fingerprint density at radius 1 is 1.17 bits per heavy atom. The molecular weight excluding hydrogens is 400 g/mol. The molecule has 1 amide bonds. The predicted molar refractivity (Wildman–Crippen MR) is 118 cm³/mol. The number of rotatable bonds is 6. The number of benzene rings is 2. The Bertz CT molecular complexity index is 1190. The highest BCUT2D eigenvalue weighted by atomic mass is 35.5. The van der Waals surface area contributed by atoms with E-state index in [-0.39, 0.29) is 11.8 Å². The van der Waals surface area contributed by atoms with Gasteiger partial charge >= 0.3 is 0 Å². The lowest BCUT2D eigenvalue weighted by Gasteiger charge is -2.16. The molecule has 0 saturated carbocycles. The summed E-state index contributed by atoms with van der Waals surface area (Å²) in [6.45, 7) is 1.99. The van der Waals surface area contributed by atoms with Crippen molar-refractivity contribution in [1.29, 1.82) is 0 Å². The van der Waals surface area contributed by atoms with Crippen LogP contribution in [0, 0.1) is 0 Å².